The molecule has 1 saturated heterocycles. The third-order valence-corrected chi connectivity index (χ3v) is 5.30. The minimum atomic E-state index is -0.107. The Morgan fingerprint density at radius 3 is 2.86 bits per heavy atom. The van der Waals surface area contributed by atoms with E-state index in [2.05, 4.69) is 31.5 Å². The number of aromatic nitrogens is 1. The number of urea groups is 1. The van der Waals surface area contributed by atoms with Gasteiger partial charge in [-0.15, -0.1) is 24.8 Å². The molecule has 2 aromatic rings. The van der Waals surface area contributed by atoms with Gasteiger partial charge in [0.05, 0.1) is 11.7 Å². The van der Waals surface area contributed by atoms with Crippen molar-refractivity contribution in [3.05, 3.63) is 52.3 Å². The maximum absolute atomic E-state index is 12.8. The van der Waals surface area contributed by atoms with Crippen molar-refractivity contribution >= 4 is 52.5 Å². The zero-order valence-corrected chi connectivity index (χ0v) is 19.0. The topological polar surface area (TPSA) is 66.5 Å². The third-order valence-electron chi connectivity index (χ3n) is 4.41. The molecule has 1 aromatic heterocycles. The Balaban J connectivity index is 0.00000196. The van der Waals surface area contributed by atoms with Crippen molar-refractivity contribution in [1.29, 1.82) is 0 Å². The average molecular weight is 492 g/mol. The lowest BCUT2D eigenvalue weighted by molar-refractivity contribution is 0.132. The Kier molecular flexibility index (Phi) is 10.0. The molecule has 1 unspecified atom stereocenters. The molecule has 1 atom stereocenters. The van der Waals surface area contributed by atoms with Gasteiger partial charge in [0.15, 0.2) is 0 Å². The fourth-order valence-corrected chi connectivity index (χ4v) is 3.15. The first-order chi connectivity index (χ1) is 12.5. The van der Waals surface area contributed by atoms with E-state index in [0.717, 1.165) is 33.7 Å². The van der Waals surface area contributed by atoms with Crippen LogP contribution in [0.2, 0.25) is 0 Å². The number of hydrogen-bond acceptors (Lipinski definition) is 4. The zero-order chi connectivity index (χ0) is 18.5. The van der Waals surface area contributed by atoms with E-state index in [9.17, 15) is 4.79 Å². The normalized spacial score (nSPS) is 15.8. The summed E-state index contributed by atoms with van der Waals surface area (Å²) in [6.07, 6.45) is 1.74. The van der Waals surface area contributed by atoms with Crippen LogP contribution < -0.4 is 15.4 Å². The molecular weight excluding hydrogens is 467 g/mol. The second-order valence-corrected chi connectivity index (χ2v) is 7.20. The van der Waals surface area contributed by atoms with Crippen LogP contribution in [0, 0.1) is 13.8 Å². The van der Waals surface area contributed by atoms with E-state index in [1.807, 2.05) is 49.1 Å². The standard InChI is InChI=1S/C19H23BrN4O2.2ClH/c1-13-10-15(5-6-17(13)20)23-19(25)24-9-8-21-11-16(24)12-26-18-4-3-7-22-14(18)2;;/h3-7,10,16,21H,8-9,11-12H2,1-2H3,(H,23,25);2*1H. The maximum atomic E-state index is 12.8. The summed E-state index contributed by atoms with van der Waals surface area (Å²) < 4.78 is 6.94. The number of amides is 2. The van der Waals surface area contributed by atoms with Crippen molar-refractivity contribution in [2.45, 2.75) is 19.9 Å². The number of hydrogen-bond donors (Lipinski definition) is 2. The highest BCUT2D eigenvalue weighted by Gasteiger charge is 2.27. The highest BCUT2D eigenvalue weighted by atomic mass is 79.9. The lowest BCUT2D eigenvalue weighted by Gasteiger charge is -2.36. The highest BCUT2D eigenvalue weighted by molar-refractivity contribution is 9.10. The molecule has 0 radical (unpaired) electrons. The van der Waals surface area contributed by atoms with Crippen LogP contribution in [0.1, 0.15) is 11.3 Å². The highest BCUT2D eigenvalue weighted by Crippen LogP contribution is 2.21. The summed E-state index contributed by atoms with van der Waals surface area (Å²) in [4.78, 5) is 18.8. The molecule has 1 aromatic carbocycles. The number of pyridine rings is 1. The van der Waals surface area contributed by atoms with E-state index in [1.54, 1.807) is 6.20 Å². The Hall–Kier alpha value is -1.54. The summed E-state index contributed by atoms with van der Waals surface area (Å²) >= 11 is 3.48. The number of nitrogens with one attached hydrogen (secondary N) is 2. The molecule has 0 bridgehead atoms. The number of anilines is 1. The maximum Gasteiger partial charge on any atom is 0.322 e. The van der Waals surface area contributed by atoms with Gasteiger partial charge >= 0.3 is 6.03 Å². The fraction of sp³-hybridized carbons (Fsp3) is 0.368. The van der Waals surface area contributed by atoms with E-state index < -0.39 is 0 Å². The summed E-state index contributed by atoms with van der Waals surface area (Å²) in [6.45, 7) is 6.45. The lowest BCUT2D eigenvalue weighted by atomic mass is 10.2. The largest absolute Gasteiger partial charge is 0.489 e. The molecule has 2 heterocycles. The summed E-state index contributed by atoms with van der Waals surface area (Å²) in [5, 5.41) is 6.32. The molecule has 1 aliphatic rings. The van der Waals surface area contributed by atoms with Crippen molar-refractivity contribution in [3.63, 3.8) is 0 Å². The van der Waals surface area contributed by atoms with Gasteiger partial charge in [-0.1, -0.05) is 15.9 Å². The molecule has 3 rings (SSSR count). The Morgan fingerprint density at radius 2 is 2.14 bits per heavy atom. The third kappa shape index (κ3) is 6.24. The van der Waals surface area contributed by atoms with Crippen molar-refractivity contribution < 1.29 is 9.53 Å². The number of carbonyl (C=O) groups is 1. The van der Waals surface area contributed by atoms with Gasteiger partial charge in [0, 0.05) is 36.0 Å². The molecule has 1 fully saturated rings. The molecule has 1 aliphatic heterocycles. The van der Waals surface area contributed by atoms with E-state index in [1.165, 1.54) is 0 Å². The Labute approximate surface area is 186 Å². The van der Waals surface area contributed by atoms with Crippen molar-refractivity contribution in [3.8, 4) is 5.75 Å². The van der Waals surface area contributed by atoms with Crippen LogP contribution in [0.25, 0.3) is 0 Å². The molecule has 154 valence electrons. The van der Waals surface area contributed by atoms with Crippen LogP contribution in [-0.2, 0) is 0 Å². The summed E-state index contributed by atoms with van der Waals surface area (Å²) in [6, 6.07) is 9.38. The Bertz CT molecular complexity index is 794. The number of piperazine rings is 1. The minimum absolute atomic E-state index is 0. The summed E-state index contributed by atoms with van der Waals surface area (Å²) in [7, 11) is 0. The second-order valence-electron chi connectivity index (χ2n) is 6.34. The molecule has 0 aliphatic carbocycles. The van der Waals surface area contributed by atoms with E-state index >= 15 is 0 Å². The number of rotatable bonds is 4. The number of aryl methyl sites for hydroxylation is 2. The SMILES string of the molecule is Cc1cc(NC(=O)N2CCNCC2COc2cccnc2C)ccc1Br.Cl.Cl. The molecule has 28 heavy (non-hydrogen) atoms. The monoisotopic (exact) mass is 490 g/mol. The number of halogens is 3. The van der Waals surface area contributed by atoms with Crippen LogP contribution in [0.4, 0.5) is 10.5 Å². The van der Waals surface area contributed by atoms with Gasteiger partial charge < -0.3 is 20.3 Å². The van der Waals surface area contributed by atoms with Crippen LogP contribution in [0.5, 0.6) is 5.75 Å². The van der Waals surface area contributed by atoms with Gasteiger partial charge in [-0.25, -0.2) is 4.79 Å². The lowest BCUT2D eigenvalue weighted by Crippen LogP contribution is -2.57. The minimum Gasteiger partial charge on any atom is -0.489 e. The van der Waals surface area contributed by atoms with Crippen LogP contribution >= 0.6 is 40.7 Å². The summed E-state index contributed by atoms with van der Waals surface area (Å²) in [5.41, 5.74) is 2.71. The summed E-state index contributed by atoms with van der Waals surface area (Å²) in [5.74, 6) is 0.752. The molecule has 2 N–H and O–H groups in total. The quantitative estimate of drug-likeness (QED) is 0.672. The van der Waals surface area contributed by atoms with Gasteiger partial charge in [-0.05, 0) is 49.7 Å². The van der Waals surface area contributed by atoms with Crippen LogP contribution in [0.3, 0.4) is 0 Å². The van der Waals surface area contributed by atoms with Crippen LogP contribution in [0.15, 0.2) is 41.0 Å². The predicted octanol–water partition coefficient (Wildman–Crippen LogP) is 4.19. The van der Waals surface area contributed by atoms with E-state index in [-0.39, 0.29) is 36.9 Å². The molecule has 0 saturated carbocycles. The van der Waals surface area contributed by atoms with Crippen molar-refractivity contribution in [2.75, 3.05) is 31.6 Å². The van der Waals surface area contributed by atoms with Crippen molar-refractivity contribution in [1.82, 2.24) is 15.2 Å². The second kappa shape index (κ2) is 11.5. The first-order valence-corrected chi connectivity index (χ1v) is 9.43. The predicted molar refractivity (Wildman–Crippen MR) is 120 cm³/mol. The van der Waals surface area contributed by atoms with Gasteiger partial charge in [0.25, 0.3) is 0 Å². The Morgan fingerprint density at radius 1 is 1.36 bits per heavy atom. The molecule has 0 spiro atoms. The van der Waals surface area contributed by atoms with Gasteiger partial charge in [-0.2, -0.15) is 0 Å². The molecular formula is C19H25BrCl2N4O2. The zero-order valence-electron chi connectivity index (χ0n) is 15.8. The van der Waals surface area contributed by atoms with Gasteiger partial charge in [0.1, 0.15) is 12.4 Å². The van der Waals surface area contributed by atoms with Gasteiger partial charge in [0.2, 0.25) is 0 Å². The number of benzene rings is 1. The number of nitrogens with zero attached hydrogens (tertiary/aromatic N) is 2. The number of ether oxygens (including phenoxy) is 1. The van der Waals surface area contributed by atoms with Crippen molar-refractivity contribution in [2.24, 2.45) is 0 Å². The first kappa shape index (κ1) is 24.5. The van der Waals surface area contributed by atoms with E-state index in [0.29, 0.717) is 19.7 Å². The smallest absolute Gasteiger partial charge is 0.322 e. The average Bonchev–Trinajstić information content (AvgIpc) is 2.64. The molecule has 9 heteroatoms. The van der Waals surface area contributed by atoms with E-state index in [4.69, 9.17) is 4.74 Å². The molecule has 6 nitrogen and oxygen atoms in total. The number of carbonyl (C=O) groups excluding carboxylic acids is 1. The first-order valence-electron chi connectivity index (χ1n) is 8.63. The van der Waals surface area contributed by atoms with Crippen LogP contribution in [-0.4, -0.2) is 48.2 Å². The molecule has 2 amide bonds. The fourth-order valence-electron chi connectivity index (χ4n) is 2.90. The van der Waals surface area contributed by atoms with Gasteiger partial charge in [-0.3, -0.25) is 4.98 Å².